The second kappa shape index (κ2) is 6.59. The van der Waals surface area contributed by atoms with Crippen LogP contribution in [-0.2, 0) is 10.0 Å². The van der Waals surface area contributed by atoms with Gasteiger partial charge in [0.05, 0.1) is 11.9 Å². The average molecular weight is 434 g/mol. The lowest BCUT2D eigenvalue weighted by atomic mass is 9.89. The molecule has 6 heteroatoms. The Bertz CT molecular complexity index is 1140. The van der Waals surface area contributed by atoms with Gasteiger partial charge >= 0.3 is 0 Å². The lowest BCUT2D eigenvalue weighted by Gasteiger charge is -2.20. The predicted molar refractivity (Wildman–Crippen MR) is 111 cm³/mol. The van der Waals surface area contributed by atoms with Gasteiger partial charge in [-0.05, 0) is 72.5 Å². The van der Waals surface area contributed by atoms with Gasteiger partial charge in [-0.15, -0.1) is 0 Å². The van der Waals surface area contributed by atoms with E-state index in [0.717, 1.165) is 38.2 Å². The number of phenolic OH excluding ortho intramolecular Hbond substituents is 1. The molecule has 0 aliphatic carbocycles. The maximum absolute atomic E-state index is 11.9. The van der Waals surface area contributed by atoms with Gasteiger partial charge in [0, 0.05) is 15.6 Å². The number of sulfonamides is 1. The predicted octanol–water partition coefficient (Wildman–Crippen LogP) is 5.27. The molecule has 3 aromatic rings. The molecule has 0 radical (unpaired) electrons. The highest BCUT2D eigenvalue weighted by Gasteiger charge is 2.20. The molecule has 0 atom stereocenters. The fraction of sp³-hybridized carbons (Fsp3) is 0.200. The molecule has 4 nitrogen and oxygen atoms in total. The quantitative estimate of drug-likeness (QED) is 0.590. The van der Waals surface area contributed by atoms with Gasteiger partial charge in [-0.25, -0.2) is 8.42 Å². The highest BCUT2D eigenvalue weighted by molar-refractivity contribution is 9.10. The molecule has 0 bridgehead atoms. The number of rotatable bonds is 3. The first kappa shape index (κ1) is 18.7. The van der Waals surface area contributed by atoms with Gasteiger partial charge < -0.3 is 5.11 Å². The number of hydrogen-bond donors (Lipinski definition) is 2. The van der Waals surface area contributed by atoms with Crippen molar-refractivity contribution in [1.29, 1.82) is 0 Å². The highest BCUT2D eigenvalue weighted by atomic mass is 79.9. The Morgan fingerprint density at radius 1 is 0.962 bits per heavy atom. The Labute approximate surface area is 162 Å². The zero-order valence-corrected chi connectivity index (χ0v) is 17.4. The molecule has 3 aromatic carbocycles. The van der Waals surface area contributed by atoms with E-state index >= 15 is 0 Å². The average Bonchev–Trinajstić information content (AvgIpc) is 2.53. The normalized spacial score (nSPS) is 11.7. The summed E-state index contributed by atoms with van der Waals surface area (Å²) in [5.74, 6) is 0.114. The summed E-state index contributed by atoms with van der Waals surface area (Å²) < 4.78 is 27.4. The molecule has 26 heavy (non-hydrogen) atoms. The number of benzene rings is 3. The highest BCUT2D eigenvalue weighted by Crippen LogP contribution is 2.44. The maximum Gasteiger partial charge on any atom is 0.229 e. The zero-order chi connectivity index (χ0) is 19.2. The molecule has 3 rings (SSSR count). The molecule has 0 spiro atoms. The monoisotopic (exact) mass is 433 g/mol. The van der Waals surface area contributed by atoms with Crippen LogP contribution in [0.2, 0.25) is 0 Å². The first-order valence-electron chi connectivity index (χ1n) is 8.08. The first-order chi connectivity index (χ1) is 12.1. The second-order valence-corrected chi connectivity index (χ2v) is 9.23. The van der Waals surface area contributed by atoms with Crippen LogP contribution in [0.3, 0.4) is 0 Å². The van der Waals surface area contributed by atoms with Crippen LogP contribution in [0.1, 0.15) is 16.7 Å². The molecule has 0 aliphatic heterocycles. The molecule has 0 saturated heterocycles. The van der Waals surface area contributed by atoms with Crippen molar-refractivity contribution in [3.05, 3.63) is 57.6 Å². The standard InChI is InChI=1S/C20H20BrNO3S/c1-11-9-17(22-26(4,24)25)19(13(3)12(11)2)20-16-7-6-15(21)10-14(16)5-8-18(20)23/h5-10,22-23H,1-4H3. The van der Waals surface area contributed by atoms with E-state index in [0.29, 0.717) is 16.8 Å². The van der Waals surface area contributed by atoms with Crippen molar-refractivity contribution in [2.75, 3.05) is 11.0 Å². The van der Waals surface area contributed by atoms with E-state index in [4.69, 9.17) is 0 Å². The smallest absolute Gasteiger partial charge is 0.229 e. The van der Waals surface area contributed by atoms with E-state index < -0.39 is 10.0 Å². The number of hydrogen-bond acceptors (Lipinski definition) is 3. The third-order valence-electron chi connectivity index (χ3n) is 4.66. The minimum absolute atomic E-state index is 0.114. The summed E-state index contributed by atoms with van der Waals surface area (Å²) >= 11 is 3.47. The Balaban J connectivity index is 2.46. The lowest BCUT2D eigenvalue weighted by molar-refractivity contribution is 0.478. The van der Waals surface area contributed by atoms with Gasteiger partial charge in [-0.3, -0.25) is 4.72 Å². The molecule has 0 unspecified atom stereocenters. The largest absolute Gasteiger partial charge is 0.507 e. The number of halogens is 1. The number of fused-ring (bicyclic) bond motifs is 1. The number of aromatic hydroxyl groups is 1. The van der Waals surface area contributed by atoms with E-state index in [9.17, 15) is 13.5 Å². The molecular weight excluding hydrogens is 414 g/mol. The van der Waals surface area contributed by atoms with E-state index in [1.165, 1.54) is 0 Å². The van der Waals surface area contributed by atoms with Gasteiger partial charge in [-0.1, -0.05) is 28.1 Å². The van der Waals surface area contributed by atoms with E-state index in [2.05, 4.69) is 20.7 Å². The minimum atomic E-state index is -3.47. The maximum atomic E-state index is 11.9. The fourth-order valence-corrected chi connectivity index (χ4v) is 4.18. The Morgan fingerprint density at radius 3 is 2.31 bits per heavy atom. The Morgan fingerprint density at radius 2 is 1.65 bits per heavy atom. The summed E-state index contributed by atoms with van der Waals surface area (Å²) in [7, 11) is -3.47. The molecule has 2 N–H and O–H groups in total. The molecule has 0 saturated carbocycles. The van der Waals surface area contributed by atoms with Crippen LogP contribution in [0.4, 0.5) is 5.69 Å². The summed E-state index contributed by atoms with van der Waals surface area (Å²) in [4.78, 5) is 0. The number of nitrogens with one attached hydrogen (secondary N) is 1. The number of anilines is 1. The van der Waals surface area contributed by atoms with Gasteiger partial charge in [0.25, 0.3) is 0 Å². The number of aryl methyl sites for hydroxylation is 1. The van der Waals surface area contributed by atoms with E-state index in [-0.39, 0.29) is 5.75 Å². The Kier molecular flexibility index (Phi) is 4.75. The summed E-state index contributed by atoms with van der Waals surface area (Å²) in [5.41, 5.74) is 4.78. The van der Waals surface area contributed by atoms with Crippen molar-refractivity contribution in [3.63, 3.8) is 0 Å². The van der Waals surface area contributed by atoms with Crippen LogP contribution in [0.25, 0.3) is 21.9 Å². The Hall–Kier alpha value is -2.05. The van der Waals surface area contributed by atoms with Crippen molar-refractivity contribution in [2.24, 2.45) is 0 Å². The third-order valence-corrected chi connectivity index (χ3v) is 5.75. The summed E-state index contributed by atoms with van der Waals surface area (Å²) in [6, 6.07) is 11.1. The van der Waals surface area contributed by atoms with Crippen molar-refractivity contribution in [3.8, 4) is 16.9 Å². The van der Waals surface area contributed by atoms with Crippen LogP contribution in [0.5, 0.6) is 5.75 Å². The first-order valence-corrected chi connectivity index (χ1v) is 10.8. The minimum Gasteiger partial charge on any atom is -0.507 e. The molecule has 136 valence electrons. The molecule has 0 aromatic heterocycles. The summed E-state index contributed by atoms with van der Waals surface area (Å²) in [5, 5.41) is 12.5. The van der Waals surface area contributed by atoms with Gasteiger partial charge in [0.15, 0.2) is 0 Å². The van der Waals surface area contributed by atoms with Crippen molar-refractivity contribution in [2.45, 2.75) is 20.8 Å². The molecule has 0 heterocycles. The van der Waals surface area contributed by atoms with Crippen molar-refractivity contribution >= 4 is 42.4 Å². The molecule has 0 fully saturated rings. The van der Waals surface area contributed by atoms with Gasteiger partial charge in [0.2, 0.25) is 10.0 Å². The summed E-state index contributed by atoms with van der Waals surface area (Å²) in [6.45, 7) is 5.89. The fourth-order valence-electron chi connectivity index (χ4n) is 3.24. The van der Waals surface area contributed by atoms with Gasteiger partial charge in [0.1, 0.15) is 5.75 Å². The van der Waals surface area contributed by atoms with Gasteiger partial charge in [-0.2, -0.15) is 0 Å². The van der Waals surface area contributed by atoms with Crippen molar-refractivity contribution in [1.82, 2.24) is 0 Å². The van der Waals surface area contributed by atoms with Crippen LogP contribution in [0, 0.1) is 20.8 Å². The lowest BCUT2D eigenvalue weighted by Crippen LogP contribution is -2.12. The zero-order valence-electron chi connectivity index (χ0n) is 15.0. The van der Waals surface area contributed by atoms with E-state index in [1.807, 2.05) is 51.1 Å². The molecule has 0 amide bonds. The topological polar surface area (TPSA) is 66.4 Å². The van der Waals surface area contributed by atoms with Crippen LogP contribution in [0.15, 0.2) is 40.9 Å². The molecule has 0 aliphatic rings. The third kappa shape index (κ3) is 3.44. The van der Waals surface area contributed by atoms with Crippen LogP contribution >= 0.6 is 15.9 Å². The van der Waals surface area contributed by atoms with Crippen LogP contribution < -0.4 is 4.72 Å². The van der Waals surface area contributed by atoms with Crippen molar-refractivity contribution < 1.29 is 13.5 Å². The number of phenols is 1. The van der Waals surface area contributed by atoms with Crippen LogP contribution in [-0.4, -0.2) is 19.8 Å². The summed E-state index contributed by atoms with van der Waals surface area (Å²) in [6.07, 6.45) is 1.13. The second-order valence-electron chi connectivity index (χ2n) is 6.57. The molecular formula is C20H20BrNO3S. The SMILES string of the molecule is Cc1cc(NS(C)(=O)=O)c(-c2c(O)ccc3cc(Br)ccc23)c(C)c1C. The van der Waals surface area contributed by atoms with E-state index in [1.54, 1.807) is 6.07 Å².